The molecule has 0 N–H and O–H groups in total. The number of esters is 1. The van der Waals surface area contributed by atoms with Gasteiger partial charge in [-0.25, -0.2) is 0 Å². The average molecular weight is 251 g/mol. The van der Waals surface area contributed by atoms with Crippen LogP contribution in [0.5, 0.6) is 0 Å². The first-order valence-electron chi connectivity index (χ1n) is 4.13. The number of Topliss-reactive ketones (excluding diaryl/α,β-unsaturated/α-hetero) is 1. The van der Waals surface area contributed by atoms with E-state index in [9.17, 15) is 9.59 Å². The molecule has 0 spiro atoms. The topological polar surface area (TPSA) is 43.4 Å². The number of ether oxygens (including phenoxy) is 1. The van der Waals surface area contributed by atoms with Gasteiger partial charge in [-0.2, -0.15) is 0 Å². The fraction of sp³-hybridized carbons (Fsp3) is 0.778. The molecule has 3 nitrogen and oxygen atoms in total. The molecule has 0 bridgehead atoms. The summed E-state index contributed by atoms with van der Waals surface area (Å²) >= 11 is 3.22. The van der Waals surface area contributed by atoms with Crippen molar-refractivity contribution in [1.82, 2.24) is 0 Å². The number of carbonyl (C=O) groups excluding carboxylic acids is 2. The Morgan fingerprint density at radius 3 is 2.23 bits per heavy atom. The van der Waals surface area contributed by atoms with Crippen molar-refractivity contribution in [2.45, 2.75) is 32.0 Å². The third kappa shape index (κ3) is 2.79. The van der Waals surface area contributed by atoms with Gasteiger partial charge in [-0.1, -0.05) is 22.9 Å². The van der Waals surface area contributed by atoms with E-state index in [1.165, 1.54) is 7.11 Å². The van der Waals surface area contributed by atoms with Crippen LogP contribution >= 0.6 is 15.9 Å². The van der Waals surface area contributed by atoms with E-state index in [1.54, 1.807) is 20.8 Å². The molecule has 13 heavy (non-hydrogen) atoms. The van der Waals surface area contributed by atoms with Crippen molar-refractivity contribution in [2.24, 2.45) is 5.41 Å². The maximum absolute atomic E-state index is 11.3. The molecule has 0 aromatic carbocycles. The van der Waals surface area contributed by atoms with E-state index in [1.807, 2.05) is 0 Å². The third-order valence-electron chi connectivity index (χ3n) is 1.98. The number of carbonyl (C=O) groups is 2. The van der Waals surface area contributed by atoms with E-state index in [2.05, 4.69) is 20.7 Å². The van der Waals surface area contributed by atoms with Gasteiger partial charge in [0.2, 0.25) is 0 Å². The molecule has 0 aliphatic rings. The van der Waals surface area contributed by atoms with Crippen molar-refractivity contribution in [2.75, 3.05) is 7.11 Å². The van der Waals surface area contributed by atoms with Crippen molar-refractivity contribution >= 4 is 27.7 Å². The maximum Gasteiger partial charge on any atom is 0.312 e. The minimum Gasteiger partial charge on any atom is -0.469 e. The molecular weight excluding hydrogens is 236 g/mol. The van der Waals surface area contributed by atoms with Crippen molar-refractivity contribution in [3.63, 3.8) is 0 Å². The number of halogens is 1. The van der Waals surface area contributed by atoms with Crippen LogP contribution in [0.4, 0.5) is 0 Å². The summed E-state index contributed by atoms with van der Waals surface area (Å²) in [6, 6.07) is 0. The number of ketones is 1. The van der Waals surface area contributed by atoms with Crippen LogP contribution in [-0.2, 0) is 14.3 Å². The fourth-order valence-corrected chi connectivity index (χ4v) is 1.46. The van der Waals surface area contributed by atoms with E-state index in [0.29, 0.717) is 6.42 Å². The van der Waals surface area contributed by atoms with Crippen LogP contribution in [0.2, 0.25) is 0 Å². The Kier molecular flexibility index (Phi) is 4.61. The van der Waals surface area contributed by atoms with Gasteiger partial charge in [0.05, 0.1) is 17.4 Å². The molecule has 1 unspecified atom stereocenters. The van der Waals surface area contributed by atoms with E-state index in [-0.39, 0.29) is 11.8 Å². The Morgan fingerprint density at radius 1 is 1.46 bits per heavy atom. The number of hydrogen-bond acceptors (Lipinski definition) is 3. The second-order valence-corrected chi connectivity index (χ2v) is 4.31. The predicted molar refractivity (Wildman–Crippen MR) is 53.8 cm³/mol. The van der Waals surface area contributed by atoms with Crippen molar-refractivity contribution in [1.29, 1.82) is 0 Å². The molecular formula is C9H15BrO3. The molecule has 0 heterocycles. The first-order valence-corrected chi connectivity index (χ1v) is 5.04. The standard InChI is InChI=1S/C9H15BrO3/c1-5-6(11)7(10)9(2,3)8(12)13-4/h7H,5H2,1-4H3. The largest absolute Gasteiger partial charge is 0.469 e. The molecule has 0 fully saturated rings. The Hall–Kier alpha value is -0.380. The zero-order chi connectivity index (χ0) is 10.6. The molecule has 0 rings (SSSR count). The Bertz CT molecular complexity index is 211. The average Bonchev–Trinajstić information content (AvgIpc) is 2.13. The summed E-state index contributed by atoms with van der Waals surface area (Å²) in [5.41, 5.74) is -0.804. The van der Waals surface area contributed by atoms with E-state index < -0.39 is 10.2 Å². The van der Waals surface area contributed by atoms with Crippen LogP contribution in [0, 0.1) is 5.41 Å². The summed E-state index contributed by atoms with van der Waals surface area (Å²) in [5.74, 6) is -0.369. The molecule has 0 saturated heterocycles. The zero-order valence-electron chi connectivity index (χ0n) is 8.39. The normalized spacial score (nSPS) is 13.6. The molecule has 4 heteroatoms. The smallest absolute Gasteiger partial charge is 0.312 e. The van der Waals surface area contributed by atoms with E-state index in [0.717, 1.165) is 0 Å². The van der Waals surface area contributed by atoms with Crippen LogP contribution < -0.4 is 0 Å². The monoisotopic (exact) mass is 250 g/mol. The minimum absolute atomic E-state index is 0.00963. The highest BCUT2D eigenvalue weighted by Gasteiger charge is 2.39. The summed E-state index contributed by atoms with van der Waals surface area (Å²) in [4.78, 5) is 22.1. The number of methoxy groups -OCH3 is 1. The summed E-state index contributed by atoms with van der Waals surface area (Å²) in [6.07, 6.45) is 0.413. The van der Waals surface area contributed by atoms with E-state index >= 15 is 0 Å². The summed E-state index contributed by atoms with van der Waals surface area (Å²) in [6.45, 7) is 5.14. The minimum atomic E-state index is -0.804. The van der Waals surface area contributed by atoms with Crippen molar-refractivity contribution < 1.29 is 14.3 Å². The molecule has 1 atom stereocenters. The Morgan fingerprint density at radius 2 is 1.92 bits per heavy atom. The van der Waals surface area contributed by atoms with Crippen molar-refractivity contribution in [3.05, 3.63) is 0 Å². The van der Waals surface area contributed by atoms with Gasteiger partial charge in [-0.3, -0.25) is 9.59 Å². The van der Waals surface area contributed by atoms with Gasteiger partial charge in [0.1, 0.15) is 5.78 Å². The van der Waals surface area contributed by atoms with Crippen LogP contribution in [-0.4, -0.2) is 23.7 Å². The highest BCUT2D eigenvalue weighted by atomic mass is 79.9. The lowest BCUT2D eigenvalue weighted by Gasteiger charge is -2.25. The van der Waals surface area contributed by atoms with Crippen LogP contribution in [0.1, 0.15) is 27.2 Å². The second-order valence-electron chi connectivity index (χ2n) is 3.40. The zero-order valence-corrected chi connectivity index (χ0v) is 9.97. The molecule has 0 aromatic rings. The lowest BCUT2D eigenvalue weighted by molar-refractivity contribution is -0.152. The van der Waals surface area contributed by atoms with E-state index in [4.69, 9.17) is 0 Å². The fourth-order valence-electron chi connectivity index (χ4n) is 0.948. The molecule has 0 aromatic heterocycles. The lowest BCUT2D eigenvalue weighted by atomic mass is 9.86. The lowest BCUT2D eigenvalue weighted by Crippen LogP contribution is -2.39. The SMILES string of the molecule is CCC(=O)C(Br)C(C)(C)C(=O)OC. The van der Waals surface area contributed by atoms with Gasteiger partial charge >= 0.3 is 5.97 Å². The molecule has 0 aliphatic heterocycles. The predicted octanol–water partition coefficient (Wildman–Crippen LogP) is 1.93. The summed E-state index contributed by atoms with van der Waals surface area (Å²) in [7, 11) is 1.32. The third-order valence-corrected chi connectivity index (χ3v) is 3.63. The van der Waals surface area contributed by atoms with Gasteiger partial charge in [0.25, 0.3) is 0 Å². The Balaban J connectivity index is 4.62. The summed E-state index contributed by atoms with van der Waals surface area (Å²) in [5, 5.41) is 0. The van der Waals surface area contributed by atoms with Gasteiger partial charge in [-0.15, -0.1) is 0 Å². The number of rotatable bonds is 4. The van der Waals surface area contributed by atoms with Gasteiger partial charge < -0.3 is 4.74 Å². The first-order chi connectivity index (χ1) is 5.87. The number of hydrogen-bond donors (Lipinski definition) is 0. The highest BCUT2D eigenvalue weighted by molar-refractivity contribution is 9.10. The number of alkyl halides is 1. The second kappa shape index (κ2) is 4.74. The molecule has 76 valence electrons. The molecule has 0 radical (unpaired) electrons. The Labute approximate surface area is 87.0 Å². The van der Waals surface area contributed by atoms with Crippen molar-refractivity contribution in [3.8, 4) is 0 Å². The van der Waals surface area contributed by atoms with Gasteiger partial charge in [0, 0.05) is 6.42 Å². The maximum atomic E-state index is 11.3. The van der Waals surface area contributed by atoms with Crippen LogP contribution in [0.25, 0.3) is 0 Å². The molecule has 0 saturated carbocycles. The first kappa shape index (κ1) is 12.6. The van der Waals surface area contributed by atoms with Gasteiger partial charge in [-0.05, 0) is 13.8 Å². The quantitative estimate of drug-likeness (QED) is 0.566. The van der Waals surface area contributed by atoms with Crippen LogP contribution in [0.3, 0.4) is 0 Å². The van der Waals surface area contributed by atoms with Gasteiger partial charge in [0.15, 0.2) is 0 Å². The molecule has 0 amide bonds. The summed E-state index contributed by atoms with van der Waals surface area (Å²) < 4.78 is 4.61. The highest BCUT2D eigenvalue weighted by Crippen LogP contribution is 2.29. The van der Waals surface area contributed by atoms with Crippen LogP contribution in [0.15, 0.2) is 0 Å². The molecule has 0 aliphatic carbocycles.